The molecule has 2 aromatic carbocycles. The Labute approximate surface area is 174 Å². The van der Waals surface area contributed by atoms with Crippen LogP contribution in [0.2, 0.25) is 0 Å². The topological polar surface area (TPSA) is 71.3 Å². The molecule has 1 saturated heterocycles. The second kappa shape index (κ2) is 8.37. The molecule has 6 nitrogen and oxygen atoms in total. The van der Waals surface area contributed by atoms with E-state index in [9.17, 15) is 22.4 Å². The molecule has 4 rings (SSSR count). The number of piperidine rings is 1. The first-order valence-corrected chi connectivity index (χ1v) is 9.62. The lowest BCUT2D eigenvalue weighted by atomic mass is 9.97. The van der Waals surface area contributed by atoms with Crippen molar-refractivity contribution < 1.29 is 26.9 Å². The normalized spacial score (nSPS) is 15.2. The van der Waals surface area contributed by atoms with Gasteiger partial charge in [-0.15, -0.1) is 0 Å². The Hall–Kier alpha value is -3.43. The summed E-state index contributed by atoms with van der Waals surface area (Å²) in [6.07, 6.45) is -3.22. The van der Waals surface area contributed by atoms with Crippen LogP contribution in [0.3, 0.4) is 0 Å². The van der Waals surface area contributed by atoms with E-state index in [-0.39, 0.29) is 17.8 Å². The number of halogens is 4. The van der Waals surface area contributed by atoms with E-state index >= 15 is 0 Å². The molecule has 1 fully saturated rings. The number of hydrogen-bond donors (Lipinski definition) is 1. The van der Waals surface area contributed by atoms with E-state index in [0.29, 0.717) is 48.9 Å². The van der Waals surface area contributed by atoms with Crippen LogP contribution in [-0.4, -0.2) is 34.2 Å². The lowest BCUT2D eigenvalue weighted by Crippen LogP contribution is -2.40. The van der Waals surface area contributed by atoms with Crippen molar-refractivity contribution in [3.05, 3.63) is 65.8 Å². The van der Waals surface area contributed by atoms with Gasteiger partial charge in [0.15, 0.2) is 0 Å². The molecule has 162 valence electrons. The molecule has 31 heavy (non-hydrogen) atoms. The molecule has 0 spiro atoms. The quantitative estimate of drug-likeness (QED) is 0.568. The fraction of sp³-hybridized carbons (Fsp3) is 0.286. The van der Waals surface area contributed by atoms with Crippen LogP contribution in [0.25, 0.3) is 11.4 Å². The zero-order valence-corrected chi connectivity index (χ0v) is 16.2. The highest BCUT2D eigenvalue weighted by Gasteiger charge is 2.30. The summed E-state index contributed by atoms with van der Waals surface area (Å²) < 4.78 is 56.3. The van der Waals surface area contributed by atoms with Gasteiger partial charge in [-0.25, -0.2) is 9.18 Å². The Balaban J connectivity index is 1.32. The summed E-state index contributed by atoms with van der Waals surface area (Å²) in [4.78, 5) is 18.4. The molecule has 0 bridgehead atoms. The van der Waals surface area contributed by atoms with Crippen LogP contribution in [0.5, 0.6) is 0 Å². The standard InChI is InChI=1S/C21H18F4N4O2/c22-16-5-1-13(2-6-16)18-27-19(31-28-18)14-9-11-29(12-10-14)20(30)26-17-7-3-15(4-8-17)21(23,24)25/h1-8,14H,9-12H2,(H,26,30). The minimum Gasteiger partial charge on any atom is -0.339 e. The summed E-state index contributed by atoms with van der Waals surface area (Å²) in [6.45, 7) is 0.872. The van der Waals surface area contributed by atoms with Gasteiger partial charge in [-0.3, -0.25) is 0 Å². The minimum absolute atomic E-state index is 0.0168. The third kappa shape index (κ3) is 4.84. The number of carbonyl (C=O) groups excluding carboxylic acids is 1. The summed E-state index contributed by atoms with van der Waals surface area (Å²) in [6, 6.07) is 9.70. The Bertz CT molecular complexity index is 1040. The summed E-state index contributed by atoms with van der Waals surface area (Å²) in [5.74, 6) is 0.464. The molecule has 0 unspecified atom stereocenters. The zero-order valence-electron chi connectivity index (χ0n) is 16.2. The monoisotopic (exact) mass is 434 g/mol. The number of benzene rings is 2. The molecule has 0 aliphatic carbocycles. The van der Waals surface area contributed by atoms with E-state index < -0.39 is 11.7 Å². The molecular weight excluding hydrogens is 416 g/mol. The number of urea groups is 1. The maximum atomic E-state index is 13.1. The predicted molar refractivity (Wildman–Crippen MR) is 104 cm³/mol. The van der Waals surface area contributed by atoms with E-state index in [1.54, 1.807) is 17.0 Å². The van der Waals surface area contributed by atoms with Crippen LogP contribution in [0, 0.1) is 5.82 Å². The first kappa shape index (κ1) is 20.8. The third-order valence-electron chi connectivity index (χ3n) is 5.14. The second-order valence-electron chi connectivity index (χ2n) is 7.23. The molecule has 1 aromatic heterocycles. The van der Waals surface area contributed by atoms with Crippen LogP contribution in [0.1, 0.15) is 30.2 Å². The minimum atomic E-state index is -4.42. The highest BCUT2D eigenvalue weighted by molar-refractivity contribution is 5.89. The van der Waals surface area contributed by atoms with Crippen molar-refractivity contribution in [2.45, 2.75) is 24.9 Å². The van der Waals surface area contributed by atoms with E-state index in [1.165, 1.54) is 24.3 Å². The number of nitrogens with one attached hydrogen (secondary N) is 1. The van der Waals surface area contributed by atoms with Crippen molar-refractivity contribution in [1.29, 1.82) is 0 Å². The largest absolute Gasteiger partial charge is 0.416 e. The Morgan fingerprint density at radius 3 is 2.29 bits per heavy atom. The van der Waals surface area contributed by atoms with Crippen molar-refractivity contribution in [2.75, 3.05) is 18.4 Å². The summed E-state index contributed by atoms with van der Waals surface area (Å²) in [5.41, 5.74) is 0.164. The zero-order chi connectivity index (χ0) is 22.0. The highest BCUT2D eigenvalue weighted by atomic mass is 19.4. The van der Waals surface area contributed by atoms with Gasteiger partial charge in [0.2, 0.25) is 11.7 Å². The molecule has 0 saturated carbocycles. The van der Waals surface area contributed by atoms with Crippen LogP contribution < -0.4 is 5.32 Å². The average molecular weight is 434 g/mol. The van der Waals surface area contributed by atoms with Gasteiger partial charge in [-0.05, 0) is 61.4 Å². The molecule has 1 aliphatic heterocycles. The lowest BCUT2D eigenvalue weighted by Gasteiger charge is -2.30. The highest BCUT2D eigenvalue weighted by Crippen LogP contribution is 2.31. The number of hydrogen-bond acceptors (Lipinski definition) is 4. The number of anilines is 1. The van der Waals surface area contributed by atoms with Crippen LogP contribution in [0.15, 0.2) is 53.1 Å². The van der Waals surface area contributed by atoms with Crippen LogP contribution >= 0.6 is 0 Å². The smallest absolute Gasteiger partial charge is 0.339 e. The lowest BCUT2D eigenvalue weighted by molar-refractivity contribution is -0.137. The Morgan fingerprint density at radius 1 is 1.03 bits per heavy atom. The number of carbonyl (C=O) groups is 1. The van der Waals surface area contributed by atoms with Gasteiger partial charge >= 0.3 is 12.2 Å². The molecule has 2 heterocycles. The van der Waals surface area contributed by atoms with Gasteiger partial charge in [-0.2, -0.15) is 18.2 Å². The summed E-state index contributed by atoms with van der Waals surface area (Å²) in [7, 11) is 0. The average Bonchev–Trinajstić information content (AvgIpc) is 3.24. The molecule has 1 N–H and O–H groups in total. The van der Waals surface area contributed by atoms with E-state index in [2.05, 4.69) is 15.5 Å². The number of amides is 2. The first-order valence-electron chi connectivity index (χ1n) is 9.62. The fourth-order valence-corrected chi connectivity index (χ4v) is 3.39. The van der Waals surface area contributed by atoms with Crippen molar-refractivity contribution in [3.8, 4) is 11.4 Å². The van der Waals surface area contributed by atoms with Gasteiger partial charge < -0.3 is 14.7 Å². The van der Waals surface area contributed by atoms with Crippen LogP contribution in [-0.2, 0) is 6.18 Å². The number of aromatic nitrogens is 2. The van der Waals surface area contributed by atoms with Crippen molar-refractivity contribution in [3.63, 3.8) is 0 Å². The van der Waals surface area contributed by atoms with Crippen molar-refractivity contribution in [2.24, 2.45) is 0 Å². The van der Waals surface area contributed by atoms with E-state index in [4.69, 9.17) is 4.52 Å². The maximum absolute atomic E-state index is 13.1. The van der Waals surface area contributed by atoms with E-state index in [1.807, 2.05) is 0 Å². The summed E-state index contributed by atoms with van der Waals surface area (Å²) >= 11 is 0. The second-order valence-corrected chi connectivity index (χ2v) is 7.23. The molecule has 0 atom stereocenters. The van der Waals surface area contributed by atoms with Gasteiger partial charge in [-0.1, -0.05) is 5.16 Å². The van der Waals surface area contributed by atoms with E-state index in [0.717, 1.165) is 12.1 Å². The van der Waals surface area contributed by atoms with Gasteiger partial charge in [0.25, 0.3) is 0 Å². The van der Waals surface area contributed by atoms with Gasteiger partial charge in [0.1, 0.15) is 5.82 Å². The number of rotatable bonds is 3. The fourth-order valence-electron chi connectivity index (χ4n) is 3.39. The SMILES string of the molecule is O=C(Nc1ccc(C(F)(F)F)cc1)N1CCC(c2nc(-c3ccc(F)cc3)no2)CC1. The van der Waals surface area contributed by atoms with Gasteiger partial charge in [0, 0.05) is 30.3 Å². The van der Waals surface area contributed by atoms with Gasteiger partial charge in [0.05, 0.1) is 5.56 Å². The molecule has 1 aliphatic rings. The Morgan fingerprint density at radius 2 is 1.68 bits per heavy atom. The number of nitrogens with zero attached hydrogens (tertiary/aromatic N) is 3. The maximum Gasteiger partial charge on any atom is 0.416 e. The first-order chi connectivity index (χ1) is 14.8. The van der Waals surface area contributed by atoms with Crippen molar-refractivity contribution >= 4 is 11.7 Å². The summed E-state index contributed by atoms with van der Waals surface area (Å²) in [5, 5.41) is 6.56. The predicted octanol–water partition coefficient (Wildman–Crippen LogP) is 5.31. The number of likely N-dealkylation sites (tertiary alicyclic amines) is 1. The molecule has 3 aromatic rings. The molecular formula is C21H18F4N4O2. The molecule has 2 amide bonds. The Kier molecular flexibility index (Phi) is 5.62. The third-order valence-corrected chi connectivity index (χ3v) is 5.14. The molecule has 10 heteroatoms. The van der Waals surface area contributed by atoms with Crippen LogP contribution in [0.4, 0.5) is 28.0 Å². The number of alkyl halides is 3. The van der Waals surface area contributed by atoms with Crippen molar-refractivity contribution in [1.82, 2.24) is 15.0 Å². The molecule has 0 radical (unpaired) electrons.